The second-order valence-corrected chi connectivity index (χ2v) is 6.79. The van der Waals surface area contributed by atoms with Crippen molar-refractivity contribution in [2.45, 2.75) is 32.1 Å². The van der Waals surface area contributed by atoms with Gasteiger partial charge in [-0.15, -0.1) is 7.92 Å². The fourth-order valence-corrected chi connectivity index (χ4v) is 3.52. The summed E-state index contributed by atoms with van der Waals surface area (Å²) in [7, 11) is 0.575. The Hall–Kier alpha value is 0.170. The van der Waals surface area contributed by atoms with E-state index in [0.29, 0.717) is 7.92 Å². The number of hydrogen-bond acceptors (Lipinski definition) is 0. The minimum absolute atomic E-state index is 0.575. The van der Waals surface area contributed by atoms with Crippen molar-refractivity contribution in [3.8, 4) is 0 Å². The third-order valence-corrected chi connectivity index (χ3v) is 4.93. The largest absolute Gasteiger partial charge is 0.106 e. The van der Waals surface area contributed by atoms with Crippen molar-refractivity contribution in [2.24, 2.45) is 5.92 Å². The predicted octanol–water partition coefficient (Wildman–Crippen LogP) is 3.62. The molecule has 0 radical (unpaired) electrons. The van der Waals surface area contributed by atoms with Gasteiger partial charge >= 0.3 is 0 Å². The van der Waals surface area contributed by atoms with Crippen LogP contribution in [0.3, 0.4) is 0 Å². The Morgan fingerprint density at radius 3 is 2.58 bits per heavy atom. The van der Waals surface area contributed by atoms with Crippen molar-refractivity contribution < 1.29 is 0 Å². The molecule has 1 aliphatic heterocycles. The summed E-state index contributed by atoms with van der Waals surface area (Å²) in [4.78, 5) is 0. The normalized spacial score (nSPS) is 25.7. The molecule has 1 heteroatoms. The van der Waals surface area contributed by atoms with Gasteiger partial charge in [-0.05, 0) is 43.7 Å². The molecule has 0 N–H and O–H groups in total. The minimum atomic E-state index is 0.575. The standard InChI is InChI=1S/C11H19P/c1-2-6-11(5-1)7-3-4-8-12-9-10-12/h3,7,11H,1-2,4-6,8-10H2. The zero-order valence-corrected chi connectivity index (χ0v) is 8.73. The molecule has 2 fully saturated rings. The maximum Gasteiger partial charge on any atom is -0.0234 e. The monoisotopic (exact) mass is 182 g/mol. The lowest BCUT2D eigenvalue weighted by molar-refractivity contribution is 0.683. The molecule has 1 saturated heterocycles. The van der Waals surface area contributed by atoms with E-state index in [1.165, 1.54) is 38.3 Å². The zero-order valence-electron chi connectivity index (χ0n) is 7.84. The van der Waals surface area contributed by atoms with Crippen LogP contribution in [0.2, 0.25) is 0 Å². The molecule has 0 bridgehead atoms. The summed E-state index contributed by atoms with van der Waals surface area (Å²) in [5.74, 6) is 0.956. The smallest absolute Gasteiger partial charge is 0.0234 e. The van der Waals surface area contributed by atoms with Gasteiger partial charge < -0.3 is 0 Å². The molecule has 0 atom stereocenters. The first-order valence-corrected chi connectivity index (χ1v) is 7.24. The lowest BCUT2D eigenvalue weighted by Crippen LogP contribution is -1.85. The summed E-state index contributed by atoms with van der Waals surface area (Å²) in [6.07, 6.45) is 16.9. The van der Waals surface area contributed by atoms with Crippen LogP contribution >= 0.6 is 7.92 Å². The second-order valence-electron chi connectivity index (χ2n) is 4.10. The van der Waals surface area contributed by atoms with Gasteiger partial charge in [0.1, 0.15) is 0 Å². The molecule has 0 spiro atoms. The molecule has 1 aliphatic carbocycles. The zero-order chi connectivity index (χ0) is 8.23. The molecule has 2 rings (SSSR count). The van der Waals surface area contributed by atoms with Gasteiger partial charge in [-0.25, -0.2) is 0 Å². The fraction of sp³-hybridized carbons (Fsp3) is 0.818. The topological polar surface area (TPSA) is 0 Å². The van der Waals surface area contributed by atoms with Crippen molar-refractivity contribution in [1.82, 2.24) is 0 Å². The highest BCUT2D eigenvalue weighted by Crippen LogP contribution is 2.50. The lowest BCUT2D eigenvalue weighted by atomic mass is 10.1. The Labute approximate surface area is 77.2 Å². The van der Waals surface area contributed by atoms with Crippen LogP contribution in [0.25, 0.3) is 0 Å². The van der Waals surface area contributed by atoms with E-state index in [4.69, 9.17) is 0 Å². The van der Waals surface area contributed by atoms with E-state index in [9.17, 15) is 0 Å². The van der Waals surface area contributed by atoms with E-state index in [1.54, 1.807) is 12.3 Å². The summed E-state index contributed by atoms with van der Waals surface area (Å²) in [6, 6.07) is 0. The van der Waals surface area contributed by atoms with Crippen molar-refractivity contribution in [1.29, 1.82) is 0 Å². The number of rotatable bonds is 4. The van der Waals surface area contributed by atoms with Crippen LogP contribution in [0.4, 0.5) is 0 Å². The first-order chi connectivity index (χ1) is 5.95. The Morgan fingerprint density at radius 1 is 1.17 bits per heavy atom. The van der Waals surface area contributed by atoms with Crippen LogP contribution < -0.4 is 0 Å². The highest BCUT2D eigenvalue weighted by atomic mass is 31.1. The van der Waals surface area contributed by atoms with Crippen LogP contribution in [0.15, 0.2) is 12.2 Å². The van der Waals surface area contributed by atoms with Gasteiger partial charge in [0.2, 0.25) is 0 Å². The third-order valence-electron chi connectivity index (χ3n) is 2.96. The van der Waals surface area contributed by atoms with Crippen LogP contribution in [0.5, 0.6) is 0 Å². The molecule has 0 unspecified atom stereocenters. The average Bonchev–Trinajstić information content (AvgIpc) is 2.76. The molecule has 2 aliphatic rings. The van der Waals surface area contributed by atoms with Crippen LogP contribution in [-0.2, 0) is 0 Å². The van der Waals surface area contributed by atoms with Crippen LogP contribution in [-0.4, -0.2) is 18.5 Å². The van der Waals surface area contributed by atoms with E-state index in [1.807, 2.05) is 0 Å². The molecule has 68 valence electrons. The number of allylic oxidation sites excluding steroid dienone is 2. The third kappa shape index (κ3) is 2.90. The highest BCUT2D eigenvalue weighted by molar-refractivity contribution is 7.65. The summed E-state index contributed by atoms with van der Waals surface area (Å²) in [5.41, 5.74) is 0. The van der Waals surface area contributed by atoms with Gasteiger partial charge in [-0.3, -0.25) is 0 Å². The van der Waals surface area contributed by atoms with E-state index in [-0.39, 0.29) is 0 Å². The summed E-state index contributed by atoms with van der Waals surface area (Å²) >= 11 is 0. The maximum absolute atomic E-state index is 2.49. The van der Waals surface area contributed by atoms with Crippen LogP contribution in [0, 0.1) is 5.92 Å². The number of hydrogen-bond donors (Lipinski definition) is 0. The Kier molecular flexibility index (Phi) is 3.22. The summed E-state index contributed by atoms with van der Waals surface area (Å²) in [5, 5.41) is 0. The molecule has 0 nitrogen and oxygen atoms in total. The van der Waals surface area contributed by atoms with Gasteiger partial charge in [0, 0.05) is 0 Å². The molecular formula is C11H19P. The van der Waals surface area contributed by atoms with Crippen molar-refractivity contribution in [3.05, 3.63) is 12.2 Å². The summed E-state index contributed by atoms with van der Waals surface area (Å²) in [6.45, 7) is 0. The molecule has 0 aromatic carbocycles. The molecule has 1 saturated carbocycles. The molecular weight excluding hydrogens is 163 g/mol. The predicted molar refractivity (Wildman–Crippen MR) is 57.2 cm³/mol. The highest BCUT2D eigenvalue weighted by Gasteiger charge is 2.18. The fourth-order valence-electron chi connectivity index (χ4n) is 1.99. The minimum Gasteiger partial charge on any atom is -0.106 e. The van der Waals surface area contributed by atoms with Gasteiger partial charge in [0.15, 0.2) is 0 Å². The molecule has 0 aromatic heterocycles. The first kappa shape index (κ1) is 8.75. The van der Waals surface area contributed by atoms with Crippen molar-refractivity contribution >= 4 is 7.92 Å². The SMILES string of the molecule is C(=CC1CCCC1)CCP1CC1. The van der Waals surface area contributed by atoms with Gasteiger partial charge in [0.25, 0.3) is 0 Å². The molecule has 0 amide bonds. The van der Waals surface area contributed by atoms with Gasteiger partial charge in [0.05, 0.1) is 0 Å². The van der Waals surface area contributed by atoms with E-state index >= 15 is 0 Å². The quantitative estimate of drug-likeness (QED) is 0.460. The van der Waals surface area contributed by atoms with Gasteiger partial charge in [-0.2, -0.15) is 0 Å². The van der Waals surface area contributed by atoms with E-state index in [0.717, 1.165) is 5.92 Å². The second kappa shape index (κ2) is 4.42. The van der Waals surface area contributed by atoms with Gasteiger partial charge in [-0.1, -0.05) is 25.0 Å². The average molecular weight is 182 g/mol. The molecule has 1 heterocycles. The van der Waals surface area contributed by atoms with Crippen LogP contribution in [0.1, 0.15) is 32.1 Å². The van der Waals surface area contributed by atoms with E-state index < -0.39 is 0 Å². The lowest BCUT2D eigenvalue weighted by Gasteiger charge is -1.99. The van der Waals surface area contributed by atoms with Crippen molar-refractivity contribution in [2.75, 3.05) is 18.5 Å². The van der Waals surface area contributed by atoms with E-state index in [2.05, 4.69) is 12.2 Å². The first-order valence-electron chi connectivity index (χ1n) is 5.34. The molecule has 12 heavy (non-hydrogen) atoms. The summed E-state index contributed by atoms with van der Waals surface area (Å²) < 4.78 is 0. The Balaban J connectivity index is 1.56. The molecule has 0 aromatic rings. The maximum atomic E-state index is 2.49. The Bertz CT molecular complexity index is 152. The van der Waals surface area contributed by atoms with Crippen molar-refractivity contribution in [3.63, 3.8) is 0 Å². The Morgan fingerprint density at radius 2 is 1.92 bits per heavy atom.